The molecule has 1 aliphatic heterocycles. The number of fused-ring (bicyclic) bond motifs is 1. The quantitative estimate of drug-likeness (QED) is 0.605. The fourth-order valence-electron chi connectivity index (χ4n) is 1.68. The maximum absolute atomic E-state index is 10.8. The van der Waals surface area contributed by atoms with E-state index in [4.69, 9.17) is 0 Å². The van der Waals surface area contributed by atoms with Gasteiger partial charge in [0.1, 0.15) is 0 Å². The van der Waals surface area contributed by atoms with Crippen LogP contribution >= 0.6 is 0 Å². The molecule has 66 valence electrons. The van der Waals surface area contributed by atoms with Crippen molar-refractivity contribution in [3.05, 3.63) is 35.4 Å². The molecule has 0 N–H and O–H groups in total. The van der Waals surface area contributed by atoms with E-state index in [1.807, 2.05) is 25.2 Å². The first kappa shape index (κ1) is 8.05. The molecule has 0 aromatic heterocycles. The summed E-state index contributed by atoms with van der Waals surface area (Å²) in [4.78, 5) is 12.9. The van der Waals surface area contributed by atoms with Crippen molar-refractivity contribution >= 4 is 18.0 Å². The minimum Gasteiger partial charge on any atom is -0.370 e. The number of hydrogen-bond donors (Lipinski definition) is 0. The summed E-state index contributed by atoms with van der Waals surface area (Å²) >= 11 is 0. The zero-order valence-electron chi connectivity index (χ0n) is 7.53. The Balaban J connectivity index is 2.64. The second-order valence-corrected chi connectivity index (χ2v) is 3.19. The molecule has 0 saturated carbocycles. The SMILES string of the molecule is CN1CC=Cc2cccc(C=O)c21. The fourth-order valence-corrected chi connectivity index (χ4v) is 1.68. The van der Waals surface area contributed by atoms with Gasteiger partial charge < -0.3 is 4.90 Å². The highest BCUT2D eigenvalue weighted by atomic mass is 16.1. The Morgan fingerprint density at radius 2 is 2.31 bits per heavy atom. The highest BCUT2D eigenvalue weighted by molar-refractivity contribution is 5.89. The lowest BCUT2D eigenvalue weighted by molar-refractivity contribution is 0.112. The number of nitrogens with zero attached hydrogens (tertiary/aromatic N) is 1. The Kier molecular flexibility index (Phi) is 1.89. The van der Waals surface area contributed by atoms with Gasteiger partial charge in [-0.05, 0) is 11.6 Å². The highest BCUT2D eigenvalue weighted by Crippen LogP contribution is 2.27. The molecule has 2 rings (SSSR count). The van der Waals surface area contributed by atoms with Crippen molar-refractivity contribution in [2.24, 2.45) is 0 Å². The van der Waals surface area contributed by atoms with Crippen molar-refractivity contribution in [2.75, 3.05) is 18.5 Å². The third-order valence-electron chi connectivity index (χ3n) is 2.28. The molecule has 0 spiro atoms. The van der Waals surface area contributed by atoms with Gasteiger partial charge in [-0.3, -0.25) is 4.79 Å². The molecule has 1 aromatic carbocycles. The fraction of sp³-hybridized carbons (Fsp3) is 0.182. The van der Waals surface area contributed by atoms with Crippen molar-refractivity contribution < 1.29 is 4.79 Å². The van der Waals surface area contributed by atoms with Gasteiger partial charge in [-0.25, -0.2) is 0 Å². The van der Waals surface area contributed by atoms with Crippen LogP contribution in [-0.4, -0.2) is 19.9 Å². The zero-order valence-corrected chi connectivity index (χ0v) is 7.53. The maximum atomic E-state index is 10.8. The number of hydrogen-bond acceptors (Lipinski definition) is 2. The predicted octanol–water partition coefficient (Wildman–Crippen LogP) is 1.96. The van der Waals surface area contributed by atoms with E-state index >= 15 is 0 Å². The van der Waals surface area contributed by atoms with Crippen molar-refractivity contribution in [1.82, 2.24) is 0 Å². The van der Waals surface area contributed by atoms with Crippen LogP contribution < -0.4 is 4.90 Å². The molecule has 0 bridgehead atoms. The Hall–Kier alpha value is -1.57. The minimum atomic E-state index is 0.768. The third kappa shape index (κ3) is 1.24. The van der Waals surface area contributed by atoms with E-state index in [-0.39, 0.29) is 0 Å². The van der Waals surface area contributed by atoms with Crippen LogP contribution in [0.4, 0.5) is 5.69 Å². The molecule has 2 heteroatoms. The predicted molar refractivity (Wildman–Crippen MR) is 54.1 cm³/mol. The zero-order chi connectivity index (χ0) is 9.26. The summed E-state index contributed by atoms with van der Waals surface area (Å²) in [5.41, 5.74) is 2.93. The lowest BCUT2D eigenvalue weighted by atomic mass is 10.0. The van der Waals surface area contributed by atoms with Crippen molar-refractivity contribution in [3.63, 3.8) is 0 Å². The standard InChI is InChI=1S/C11H11NO/c1-12-7-3-6-9-4-2-5-10(8-13)11(9)12/h2-6,8H,7H2,1H3. The van der Waals surface area contributed by atoms with E-state index in [2.05, 4.69) is 17.1 Å². The minimum absolute atomic E-state index is 0.768. The number of anilines is 1. The van der Waals surface area contributed by atoms with Crippen LogP contribution in [0.1, 0.15) is 15.9 Å². The van der Waals surface area contributed by atoms with Gasteiger partial charge in [0, 0.05) is 19.2 Å². The molecule has 1 aromatic rings. The number of likely N-dealkylation sites (N-methyl/N-ethyl adjacent to an activating group) is 1. The van der Waals surface area contributed by atoms with Crippen LogP contribution in [0.2, 0.25) is 0 Å². The largest absolute Gasteiger partial charge is 0.370 e. The van der Waals surface area contributed by atoms with E-state index in [1.165, 1.54) is 0 Å². The van der Waals surface area contributed by atoms with E-state index in [1.54, 1.807) is 0 Å². The molecule has 0 aliphatic carbocycles. The van der Waals surface area contributed by atoms with Crippen molar-refractivity contribution in [2.45, 2.75) is 0 Å². The Labute approximate surface area is 77.5 Å². The number of carbonyl (C=O) groups excluding carboxylic acids is 1. The van der Waals surface area contributed by atoms with Crippen LogP contribution in [0.15, 0.2) is 24.3 Å². The number of benzene rings is 1. The summed E-state index contributed by atoms with van der Waals surface area (Å²) in [5.74, 6) is 0. The van der Waals surface area contributed by atoms with Gasteiger partial charge in [0.05, 0.1) is 5.69 Å². The lowest BCUT2D eigenvalue weighted by Gasteiger charge is -2.24. The molecule has 0 fully saturated rings. The highest BCUT2D eigenvalue weighted by Gasteiger charge is 2.12. The Morgan fingerprint density at radius 3 is 3.08 bits per heavy atom. The summed E-state index contributed by atoms with van der Waals surface area (Å²) < 4.78 is 0. The van der Waals surface area contributed by atoms with Crippen LogP contribution in [-0.2, 0) is 0 Å². The molecule has 2 nitrogen and oxygen atoms in total. The number of para-hydroxylation sites is 1. The Morgan fingerprint density at radius 1 is 1.46 bits per heavy atom. The molecule has 0 atom stereocenters. The van der Waals surface area contributed by atoms with Gasteiger partial charge in [0.15, 0.2) is 6.29 Å². The van der Waals surface area contributed by atoms with Gasteiger partial charge in [0.25, 0.3) is 0 Å². The third-order valence-corrected chi connectivity index (χ3v) is 2.28. The number of carbonyl (C=O) groups is 1. The molecular formula is C11H11NO. The lowest BCUT2D eigenvalue weighted by Crippen LogP contribution is -2.21. The summed E-state index contributed by atoms with van der Waals surface area (Å²) in [6.07, 6.45) is 5.06. The molecular weight excluding hydrogens is 162 g/mol. The molecule has 1 aliphatic rings. The molecule has 13 heavy (non-hydrogen) atoms. The number of aldehydes is 1. The monoisotopic (exact) mass is 173 g/mol. The van der Waals surface area contributed by atoms with E-state index < -0.39 is 0 Å². The van der Waals surface area contributed by atoms with Crippen molar-refractivity contribution in [3.8, 4) is 0 Å². The van der Waals surface area contributed by atoms with Gasteiger partial charge in [-0.2, -0.15) is 0 Å². The van der Waals surface area contributed by atoms with Gasteiger partial charge >= 0.3 is 0 Å². The second-order valence-electron chi connectivity index (χ2n) is 3.19. The smallest absolute Gasteiger partial charge is 0.152 e. The normalized spacial score (nSPS) is 14.1. The average molecular weight is 173 g/mol. The second kappa shape index (κ2) is 3.05. The molecule has 0 unspecified atom stereocenters. The average Bonchev–Trinajstić information content (AvgIpc) is 2.17. The van der Waals surface area contributed by atoms with Crippen LogP contribution in [0.5, 0.6) is 0 Å². The van der Waals surface area contributed by atoms with Crippen LogP contribution in [0.25, 0.3) is 6.08 Å². The summed E-state index contributed by atoms with van der Waals surface area (Å²) in [6, 6.07) is 5.78. The first-order valence-electron chi connectivity index (χ1n) is 4.29. The van der Waals surface area contributed by atoms with E-state index in [0.717, 1.165) is 29.6 Å². The first-order chi connectivity index (χ1) is 6.33. The van der Waals surface area contributed by atoms with E-state index in [0.29, 0.717) is 0 Å². The van der Waals surface area contributed by atoms with Crippen LogP contribution in [0, 0.1) is 0 Å². The maximum Gasteiger partial charge on any atom is 0.152 e. The molecule has 0 amide bonds. The van der Waals surface area contributed by atoms with Crippen molar-refractivity contribution in [1.29, 1.82) is 0 Å². The number of rotatable bonds is 1. The first-order valence-corrected chi connectivity index (χ1v) is 4.29. The molecule has 1 heterocycles. The summed E-state index contributed by atoms with van der Waals surface area (Å²) in [6.45, 7) is 0.873. The summed E-state index contributed by atoms with van der Waals surface area (Å²) in [5, 5.41) is 0. The Bertz CT molecular complexity index is 368. The van der Waals surface area contributed by atoms with Gasteiger partial charge in [-0.15, -0.1) is 0 Å². The molecule has 0 radical (unpaired) electrons. The topological polar surface area (TPSA) is 20.3 Å². The van der Waals surface area contributed by atoms with Gasteiger partial charge in [0.2, 0.25) is 0 Å². The van der Waals surface area contributed by atoms with Crippen LogP contribution in [0.3, 0.4) is 0 Å². The van der Waals surface area contributed by atoms with Gasteiger partial charge in [-0.1, -0.05) is 24.3 Å². The van der Waals surface area contributed by atoms with E-state index in [9.17, 15) is 4.79 Å². The molecule has 0 saturated heterocycles. The summed E-state index contributed by atoms with van der Waals surface area (Å²) in [7, 11) is 2.00.